The molecule has 0 atom stereocenters. The number of amides is 1. The second-order valence-corrected chi connectivity index (χ2v) is 5.46. The van der Waals surface area contributed by atoms with Crippen LogP contribution in [0, 0.1) is 6.92 Å². The molecule has 0 saturated carbocycles. The number of benzene rings is 1. The molecular weight excluding hydrogens is 268 g/mol. The molecule has 1 aromatic heterocycles. The number of rotatable bonds is 6. The quantitative estimate of drug-likeness (QED) is 0.797. The van der Waals surface area contributed by atoms with Gasteiger partial charge in [0.2, 0.25) is 0 Å². The molecule has 1 amide bonds. The molecular formula is C16H18N2OS. The summed E-state index contributed by atoms with van der Waals surface area (Å²) in [7, 11) is 0. The lowest BCUT2D eigenvalue weighted by molar-refractivity contribution is 0.0958. The molecule has 0 fully saturated rings. The van der Waals surface area contributed by atoms with Gasteiger partial charge in [0.25, 0.3) is 5.91 Å². The van der Waals surface area contributed by atoms with E-state index < -0.39 is 0 Å². The number of anilines is 1. The highest BCUT2D eigenvalue weighted by Gasteiger charge is 2.04. The van der Waals surface area contributed by atoms with Crippen molar-refractivity contribution in [2.24, 2.45) is 0 Å². The SMILES string of the molecule is C=CCNC(=O)c1ccc(NCc2sccc2C)cc1. The first-order valence-electron chi connectivity index (χ1n) is 6.46. The number of aryl methyl sites for hydroxylation is 1. The molecule has 0 radical (unpaired) electrons. The van der Waals surface area contributed by atoms with Gasteiger partial charge in [0.1, 0.15) is 0 Å². The van der Waals surface area contributed by atoms with Gasteiger partial charge >= 0.3 is 0 Å². The van der Waals surface area contributed by atoms with E-state index >= 15 is 0 Å². The minimum Gasteiger partial charge on any atom is -0.380 e. The van der Waals surface area contributed by atoms with Gasteiger partial charge in [0.05, 0.1) is 0 Å². The van der Waals surface area contributed by atoms with E-state index in [1.165, 1.54) is 10.4 Å². The lowest BCUT2D eigenvalue weighted by Crippen LogP contribution is -2.23. The third kappa shape index (κ3) is 3.71. The van der Waals surface area contributed by atoms with E-state index in [-0.39, 0.29) is 5.91 Å². The van der Waals surface area contributed by atoms with E-state index in [4.69, 9.17) is 0 Å². The van der Waals surface area contributed by atoms with Crippen LogP contribution in [0.25, 0.3) is 0 Å². The number of thiophene rings is 1. The standard InChI is InChI=1S/C16H18N2OS/c1-3-9-17-16(19)13-4-6-14(7-5-13)18-11-15-12(2)8-10-20-15/h3-8,10,18H,1,9,11H2,2H3,(H,17,19). The number of carbonyl (C=O) groups excluding carboxylic acids is 1. The van der Waals surface area contributed by atoms with Crippen LogP contribution in [-0.2, 0) is 6.54 Å². The molecule has 0 bridgehead atoms. The Morgan fingerprint density at radius 2 is 2.05 bits per heavy atom. The van der Waals surface area contributed by atoms with Crippen LogP contribution >= 0.6 is 11.3 Å². The van der Waals surface area contributed by atoms with Gasteiger partial charge in [-0.15, -0.1) is 17.9 Å². The maximum atomic E-state index is 11.7. The number of nitrogens with one attached hydrogen (secondary N) is 2. The van der Waals surface area contributed by atoms with Crippen molar-refractivity contribution in [3.05, 3.63) is 64.4 Å². The van der Waals surface area contributed by atoms with Crippen molar-refractivity contribution in [3.63, 3.8) is 0 Å². The number of carbonyl (C=O) groups is 1. The maximum absolute atomic E-state index is 11.7. The Balaban J connectivity index is 1.93. The molecule has 1 aromatic carbocycles. The van der Waals surface area contributed by atoms with E-state index in [2.05, 4.69) is 35.6 Å². The lowest BCUT2D eigenvalue weighted by Gasteiger charge is -2.07. The second-order valence-electron chi connectivity index (χ2n) is 4.46. The summed E-state index contributed by atoms with van der Waals surface area (Å²) in [5.41, 5.74) is 2.98. The summed E-state index contributed by atoms with van der Waals surface area (Å²) in [6, 6.07) is 9.61. The van der Waals surface area contributed by atoms with Gasteiger partial charge in [-0.25, -0.2) is 0 Å². The molecule has 1 heterocycles. The summed E-state index contributed by atoms with van der Waals surface area (Å²) in [4.78, 5) is 13.1. The first-order chi connectivity index (χ1) is 9.70. The molecule has 3 nitrogen and oxygen atoms in total. The fourth-order valence-electron chi connectivity index (χ4n) is 1.77. The van der Waals surface area contributed by atoms with Crippen LogP contribution in [0.5, 0.6) is 0 Å². The van der Waals surface area contributed by atoms with Gasteiger partial charge in [-0.05, 0) is 48.2 Å². The van der Waals surface area contributed by atoms with Crippen molar-refractivity contribution in [2.75, 3.05) is 11.9 Å². The Hall–Kier alpha value is -2.07. The fourth-order valence-corrected chi connectivity index (χ4v) is 2.62. The zero-order valence-corrected chi connectivity index (χ0v) is 12.3. The largest absolute Gasteiger partial charge is 0.380 e. The highest BCUT2D eigenvalue weighted by atomic mass is 32.1. The van der Waals surface area contributed by atoms with Gasteiger partial charge in [-0.3, -0.25) is 4.79 Å². The zero-order valence-electron chi connectivity index (χ0n) is 11.5. The molecule has 2 aromatic rings. The van der Waals surface area contributed by atoms with Crippen molar-refractivity contribution >= 4 is 22.9 Å². The van der Waals surface area contributed by atoms with Crippen LogP contribution < -0.4 is 10.6 Å². The van der Waals surface area contributed by atoms with E-state index in [0.29, 0.717) is 12.1 Å². The topological polar surface area (TPSA) is 41.1 Å². The fraction of sp³-hybridized carbons (Fsp3) is 0.188. The van der Waals surface area contributed by atoms with Gasteiger partial charge in [0, 0.05) is 29.2 Å². The van der Waals surface area contributed by atoms with Gasteiger partial charge in [-0.1, -0.05) is 6.08 Å². The molecule has 0 aliphatic heterocycles. The Morgan fingerprint density at radius 1 is 1.30 bits per heavy atom. The Morgan fingerprint density at radius 3 is 2.65 bits per heavy atom. The van der Waals surface area contributed by atoms with Crippen LogP contribution in [0.2, 0.25) is 0 Å². The molecule has 0 aliphatic carbocycles. The lowest BCUT2D eigenvalue weighted by atomic mass is 10.2. The van der Waals surface area contributed by atoms with E-state index in [0.717, 1.165) is 12.2 Å². The summed E-state index contributed by atoms with van der Waals surface area (Å²) < 4.78 is 0. The first-order valence-corrected chi connectivity index (χ1v) is 7.34. The van der Waals surface area contributed by atoms with Gasteiger partial charge < -0.3 is 10.6 Å². The molecule has 0 spiro atoms. The normalized spacial score (nSPS) is 10.1. The van der Waals surface area contributed by atoms with Gasteiger partial charge in [0.15, 0.2) is 0 Å². The third-order valence-electron chi connectivity index (χ3n) is 2.98. The van der Waals surface area contributed by atoms with E-state index in [9.17, 15) is 4.79 Å². The number of hydrogen-bond acceptors (Lipinski definition) is 3. The molecule has 2 N–H and O–H groups in total. The molecule has 0 unspecified atom stereocenters. The predicted molar refractivity (Wildman–Crippen MR) is 85.4 cm³/mol. The zero-order chi connectivity index (χ0) is 14.4. The second kappa shape index (κ2) is 6.91. The highest BCUT2D eigenvalue weighted by molar-refractivity contribution is 7.10. The average molecular weight is 286 g/mol. The average Bonchev–Trinajstić information content (AvgIpc) is 2.88. The van der Waals surface area contributed by atoms with E-state index in [1.807, 2.05) is 24.3 Å². The van der Waals surface area contributed by atoms with Crippen LogP contribution in [0.3, 0.4) is 0 Å². The first kappa shape index (κ1) is 14.3. The molecule has 4 heteroatoms. The molecule has 0 aliphatic rings. The van der Waals surface area contributed by atoms with Crippen LogP contribution in [0.1, 0.15) is 20.8 Å². The summed E-state index contributed by atoms with van der Waals surface area (Å²) >= 11 is 1.75. The smallest absolute Gasteiger partial charge is 0.251 e. The van der Waals surface area contributed by atoms with Crippen LogP contribution in [-0.4, -0.2) is 12.5 Å². The predicted octanol–water partition coefficient (Wildman–Crippen LogP) is 3.58. The highest BCUT2D eigenvalue weighted by Crippen LogP contribution is 2.18. The molecule has 104 valence electrons. The Kier molecular flexibility index (Phi) is 4.96. The van der Waals surface area contributed by atoms with E-state index in [1.54, 1.807) is 17.4 Å². The summed E-state index contributed by atoms with van der Waals surface area (Å²) in [6.45, 7) is 6.98. The molecule has 20 heavy (non-hydrogen) atoms. The summed E-state index contributed by atoms with van der Waals surface area (Å²) in [6.07, 6.45) is 1.66. The monoisotopic (exact) mass is 286 g/mol. The van der Waals surface area contributed by atoms with Crippen molar-refractivity contribution in [2.45, 2.75) is 13.5 Å². The Bertz CT molecular complexity index is 587. The van der Waals surface area contributed by atoms with Crippen molar-refractivity contribution in [1.29, 1.82) is 0 Å². The maximum Gasteiger partial charge on any atom is 0.251 e. The Labute approximate surface area is 123 Å². The number of hydrogen-bond donors (Lipinski definition) is 2. The van der Waals surface area contributed by atoms with Crippen molar-refractivity contribution in [3.8, 4) is 0 Å². The van der Waals surface area contributed by atoms with Crippen molar-refractivity contribution in [1.82, 2.24) is 5.32 Å². The van der Waals surface area contributed by atoms with Crippen LogP contribution in [0.4, 0.5) is 5.69 Å². The molecule has 2 rings (SSSR count). The molecule has 0 saturated heterocycles. The summed E-state index contributed by atoms with van der Waals surface area (Å²) in [5.74, 6) is -0.0782. The van der Waals surface area contributed by atoms with Gasteiger partial charge in [-0.2, -0.15) is 0 Å². The van der Waals surface area contributed by atoms with Crippen molar-refractivity contribution < 1.29 is 4.79 Å². The minimum atomic E-state index is -0.0782. The minimum absolute atomic E-state index is 0.0782. The summed E-state index contributed by atoms with van der Waals surface area (Å²) in [5, 5.41) is 8.21. The van der Waals surface area contributed by atoms with Crippen LogP contribution in [0.15, 0.2) is 48.4 Å². The third-order valence-corrected chi connectivity index (χ3v) is 4.00.